The van der Waals surface area contributed by atoms with Crippen molar-refractivity contribution >= 4 is 32.4 Å². The Hall–Kier alpha value is -1.77. The SMILES string of the molecule is CC1CCN(S(=O)(=O)c2ccc(C(=O)Nc3nc4c(s3)CC(C)CC4)cc2)CC1. The number of amides is 1. The number of nitrogens with one attached hydrogen (secondary N) is 1. The molecule has 0 spiro atoms. The van der Waals surface area contributed by atoms with Crippen molar-refractivity contribution in [2.24, 2.45) is 11.8 Å². The van der Waals surface area contributed by atoms with Crippen LogP contribution in [0.3, 0.4) is 0 Å². The second-order valence-electron chi connectivity index (χ2n) is 8.30. The average Bonchev–Trinajstić information content (AvgIpc) is 3.09. The molecule has 6 nitrogen and oxygen atoms in total. The molecule has 2 aliphatic rings. The number of carbonyl (C=O) groups excluding carboxylic acids is 1. The lowest BCUT2D eigenvalue weighted by Gasteiger charge is -2.29. The number of fused-ring (bicyclic) bond motifs is 1. The number of nitrogens with zero attached hydrogens (tertiary/aromatic N) is 2. The lowest BCUT2D eigenvalue weighted by molar-refractivity contribution is 0.102. The fraction of sp³-hybridized carbons (Fsp3) is 0.524. The van der Waals surface area contributed by atoms with Gasteiger partial charge in [-0.05, 0) is 68.2 Å². The van der Waals surface area contributed by atoms with Gasteiger partial charge in [-0.1, -0.05) is 13.8 Å². The number of aromatic nitrogens is 1. The molecule has 1 saturated heterocycles. The first kappa shape index (κ1) is 20.5. The Kier molecular flexibility index (Phi) is 5.77. The fourth-order valence-electron chi connectivity index (χ4n) is 3.92. The molecule has 1 unspecified atom stereocenters. The van der Waals surface area contributed by atoms with Crippen molar-refractivity contribution in [1.29, 1.82) is 0 Å². The largest absolute Gasteiger partial charge is 0.298 e. The summed E-state index contributed by atoms with van der Waals surface area (Å²) in [5.74, 6) is 0.955. The maximum atomic E-state index is 12.8. The van der Waals surface area contributed by atoms with Crippen molar-refractivity contribution < 1.29 is 13.2 Å². The summed E-state index contributed by atoms with van der Waals surface area (Å²) in [5.41, 5.74) is 1.53. The first-order chi connectivity index (χ1) is 13.8. The molecule has 156 valence electrons. The highest BCUT2D eigenvalue weighted by Gasteiger charge is 2.28. The number of thiazole rings is 1. The minimum atomic E-state index is -3.50. The first-order valence-corrected chi connectivity index (χ1v) is 12.5. The van der Waals surface area contributed by atoms with Crippen LogP contribution in [0.2, 0.25) is 0 Å². The normalized spacial score (nSPS) is 21.0. The van der Waals surface area contributed by atoms with Gasteiger partial charge in [0.15, 0.2) is 5.13 Å². The van der Waals surface area contributed by atoms with Gasteiger partial charge in [0, 0.05) is 23.5 Å². The molecule has 1 atom stereocenters. The lowest BCUT2D eigenvalue weighted by Crippen LogP contribution is -2.37. The maximum Gasteiger partial charge on any atom is 0.257 e. The van der Waals surface area contributed by atoms with Gasteiger partial charge >= 0.3 is 0 Å². The number of aryl methyl sites for hydroxylation is 1. The van der Waals surface area contributed by atoms with Crippen LogP contribution >= 0.6 is 11.3 Å². The molecule has 1 amide bonds. The maximum absolute atomic E-state index is 12.8. The van der Waals surface area contributed by atoms with Gasteiger partial charge in [-0.15, -0.1) is 11.3 Å². The zero-order chi connectivity index (χ0) is 20.6. The Balaban J connectivity index is 1.44. The summed E-state index contributed by atoms with van der Waals surface area (Å²) < 4.78 is 27.2. The molecule has 0 saturated carbocycles. The lowest BCUT2D eigenvalue weighted by atomic mass is 9.93. The summed E-state index contributed by atoms with van der Waals surface area (Å²) in [4.78, 5) is 18.6. The molecule has 1 aliphatic carbocycles. The molecule has 8 heteroatoms. The number of sulfonamides is 1. The predicted octanol–water partition coefficient (Wildman–Crippen LogP) is 3.94. The molecule has 0 bridgehead atoms. The van der Waals surface area contributed by atoms with Gasteiger partial charge in [0.2, 0.25) is 10.0 Å². The standard InChI is InChI=1S/C21H27N3O3S2/c1-14-9-11-24(12-10-14)29(26,27)17-6-4-16(5-7-17)20(25)23-21-22-18-8-3-15(2)13-19(18)28-21/h4-7,14-15H,3,8-13H2,1-2H3,(H,22,23,25). The molecule has 0 radical (unpaired) electrons. The van der Waals surface area contributed by atoms with Crippen LogP contribution in [0.15, 0.2) is 29.2 Å². The van der Waals surface area contributed by atoms with Crippen molar-refractivity contribution in [3.05, 3.63) is 40.4 Å². The molecule has 4 rings (SSSR count). The zero-order valence-corrected chi connectivity index (χ0v) is 18.5. The minimum Gasteiger partial charge on any atom is -0.298 e. The molecule has 29 heavy (non-hydrogen) atoms. The minimum absolute atomic E-state index is 0.238. The average molecular weight is 434 g/mol. The van der Waals surface area contributed by atoms with Crippen molar-refractivity contribution in [2.45, 2.75) is 50.8 Å². The van der Waals surface area contributed by atoms with Crippen molar-refractivity contribution in [3.63, 3.8) is 0 Å². The number of hydrogen-bond acceptors (Lipinski definition) is 5. The smallest absolute Gasteiger partial charge is 0.257 e. The van der Waals surface area contributed by atoms with E-state index >= 15 is 0 Å². The molecule has 1 aromatic heterocycles. The van der Waals surface area contributed by atoms with Gasteiger partial charge in [0.25, 0.3) is 5.91 Å². The molecule has 1 aromatic carbocycles. The molecule has 2 aromatic rings. The third kappa shape index (κ3) is 4.39. The van der Waals surface area contributed by atoms with Crippen LogP contribution < -0.4 is 5.32 Å². The van der Waals surface area contributed by atoms with Crippen LogP contribution in [0.4, 0.5) is 5.13 Å². The highest BCUT2D eigenvalue weighted by Crippen LogP contribution is 2.32. The number of carbonyl (C=O) groups is 1. The van der Waals surface area contributed by atoms with Crippen LogP contribution in [0.5, 0.6) is 0 Å². The van der Waals surface area contributed by atoms with E-state index in [1.807, 2.05) is 0 Å². The van der Waals surface area contributed by atoms with E-state index in [4.69, 9.17) is 0 Å². The Morgan fingerprint density at radius 3 is 2.48 bits per heavy atom. The Labute approximate surface area is 176 Å². The highest BCUT2D eigenvalue weighted by molar-refractivity contribution is 7.89. The van der Waals surface area contributed by atoms with Crippen molar-refractivity contribution in [2.75, 3.05) is 18.4 Å². The van der Waals surface area contributed by atoms with Crippen LogP contribution in [0.1, 0.15) is 54.0 Å². The predicted molar refractivity (Wildman–Crippen MR) is 115 cm³/mol. The number of hydrogen-bond donors (Lipinski definition) is 1. The Bertz CT molecular complexity index is 991. The second-order valence-corrected chi connectivity index (χ2v) is 11.3. The van der Waals surface area contributed by atoms with Gasteiger partial charge in [0.1, 0.15) is 0 Å². The van der Waals surface area contributed by atoms with E-state index in [2.05, 4.69) is 24.1 Å². The monoisotopic (exact) mass is 433 g/mol. The van der Waals surface area contributed by atoms with E-state index in [-0.39, 0.29) is 10.8 Å². The van der Waals surface area contributed by atoms with Crippen molar-refractivity contribution in [1.82, 2.24) is 9.29 Å². The summed E-state index contributed by atoms with van der Waals surface area (Å²) in [5, 5.41) is 3.48. The number of piperidine rings is 1. The van der Waals surface area contributed by atoms with Crippen LogP contribution in [-0.2, 0) is 22.9 Å². The van der Waals surface area contributed by atoms with Crippen LogP contribution in [0.25, 0.3) is 0 Å². The Morgan fingerprint density at radius 2 is 1.79 bits per heavy atom. The molecular weight excluding hydrogens is 406 g/mol. The second kappa shape index (κ2) is 8.16. The third-order valence-corrected chi connectivity index (χ3v) is 8.85. The van der Waals surface area contributed by atoms with Gasteiger partial charge in [-0.25, -0.2) is 13.4 Å². The highest BCUT2D eigenvalue weighted by atomic mass is 32.2. The fourth-order valence-corrected chi connectivity index (χ4v) is 6.55. The van der Waals surface area contributed by atoms with Crippen molar-refractivity contribution in [3.8, 4) is 0 Å². The third-order valence-electron chi connectivity index (χ3n) is 5.90. The molecular formula is C21H27N3O3S2. The van der Waals surface area contributed by atoms with Gasteiger partial charge in [0.05, 0.1) is 10.6 Å². The van der Waals surface area contributed by atoms with Crippen LogP contribution in [0, 0.1) is 11.8 Å². The number of benzene rings is 1. The van der Waals surface area contributed by atoms with Crippen LogP contribution in [-0.4, -0.2) is 36.7 Å². The first-order valence-electron chi connectivity index (χ1n) is 10.2. The molecule has 1 aliphatic heterocycles. The summed E-state index contributed by atoms with van der Waals surface area (Å²) in [6.45, 7) is 5.50. The van der Waals surface area contributed by atoms with E-state index in [0.717, 1.165) is 37.8 Å². The topological polar surface area (TPSA) is 79.4 Å². The number of rotatable bonds is 4. The summed E-state index contributed by atoms with van der Waals surface area (Å²) in [7, 11) is -3.50. The van der Waals surface area contributed by atoms with Gasteiger partial charge < -0.3 is 0 Å². The summed E-state index contributed by atoms with van der Waals surface area (Å²) in [6.07, 6.45) is 4.89. The summed E-state index contributed by atoms with van der Waals surface area (Å²) in [6, 6.07) is 6.20. The summed E-state index contributed by atoms with van der Waals surface area (Å²) >= 11 is 1.54. The zero-order valence-electron chi connectivity index (χ0n) is 16.8. The molecule has 1 fully saturated rings. The quantitative estimate of drug-likeness (QED) is 0.792. The van der Waals surface area contributed by atoms with E-state index in [9.17, 15) is 13.2 Å². The van der Waals surface area contributed by atoms with Gasteiger partial charge in [-0.2, -0.15) is 4.31 Å². The molecule has 1 N–H and O–H groups in total. The van der Waals surface area contributed by atoms with E-state index in [0.29, 0.717) is 35.6 Å². The van der Waals surface area contributed by atoms with E-state index in [1.165, 1.54) is 17.0 Å². The Morgan fingerprint density at radius 1 is 1.10 bits per heavy atom. The molecule has 2 heterocycles. The van der Waals surface area contributed by atoms with Gasteiger partial charge in [-0.3, -0.25) is 10.1 Å². The van der Waals surface area contributed by atoms with E-state index < -0.39 is 10.0 Å². The van der Waals surface area contributed by atoms with E-state index in [1.54, 1.807) is 27.8 Å². The number of anilines is 1.